The molecule has 0 N–H and O–H groups in total. The third-order valence-electron chi connectivity index (χ3n) is 5.33. The first-order valence-electron chi connectivity index (χ1n) is 9.68. The summed E-state index contributed by atoms with van der Waals surface area (Å²) in [5.41, 5.74) is 2.74. The molecule has 1 saturated carbocycles. The van der Waals surface area contributed by atoms with Crippen LogP contribution in [0.3, 0.4) is 0 Å². The van der Waals surface area contributed by atoms with Crippen molar-refractivity contribution >= 4 is 11.9 Å². The molecule has 1 aromatic rings. The number of fused-ring (bicyclic) bond motifs is 1. The van der Waals surface area contributed by atoms with E-state index in [1.165, 1.54) is 24.0 Å². The van der Waals surface area contributed by atoms with Gasteiger partial charge in [-0.2, -0.15) is 0 Å². The van der Waals surface area contributed by atoms with Gasteiger partial charge in [0.1, 0.15) is 0 Å². The predicted molar refractivity (Wildman–Crippen MR) is 97.3 cm³/mol. The van der Waals surface area contributed by atoms with Gasteiger partial charge in [-0.15, -0.1) is 0 Å². The van der Waals surface area contributed by atoms with Gasteiger partial charge in [0, 0.05) is 19.5 Å². The van der Waals surface area contributed by atoms with Crippen molar-refractivity contribution in [2.24, 2.45) is 5.92 Å². The van der Waals surface area contributed by atoms with Crippen LogP contribution in [0.5, 0.6) is 0 Å². The quantitative estimate of drug-likeness (QED) is 0.676. The van der Waals surface area contributed by atoms with Gasteiger partial charge in [-0.05, 0) is 62.0 Å². The number of nitrogens with zero attached hydrogens (tertiary/aromatic N) is 1. The average molecular weight is 343 g/mol. The van der Waals surface area contributed by atoms with E-state index in [1.54, 1.807) is 0 Å². The zero-order valence-electron chi connectivity index (χ0n) is 15.2. The van der Waals surface area contributed by atoms with E-state index in [4.69, 9.17) is 4.74 Å². The highest BCUT2D eigenvalue weighted by atomic mass is 16.5. The minimum absolute atomic E-state index is 0.193. The zero-order valence-corrected chi connectivity index (χ0v) is 15.2. The standard InChI is InChI=1S/C21H29NO3/c1-2-25-21(24)12-13-22(15-16-10-11-16)20(23)14-18-8-5-7-17-6-3-4-9-19(17)18/h3-4,6,9,16,18H,2,5,7-8,10-15H2,1H3. The maximum absolute atomic E-state index is 12.9. The molecule has 0 aliphatic heterocycles. The third-order valence-corrected chi connectivity index (χ3v) is 5.33. The molecular formula is C21H29NO3. The first kappa shape index (κ1) is 18.0. The van der Waals surface area contributed by atoms with E-state index in [0.29, 0.717) is 37.8 Å². The molecule has 4 nitrogen and oxygen atoms in total. The fraction of sp³-hybridized carbons (Fsp3) is 0.619. The Hall–Kier alpha value is -1.84. The summed E-state index contributed by atoms with van der Waals surface area (Å²) in [5, 5.41) is 0. The van der Waals surface area contributed by atoms with Crippen molar-refractivity contribution in [3.05, 3.63) is 35.4 Å². The minimum Gasteiger partial charge on any atom is -0.466 e. The molecule has 25 heavy (non-hydrogen) atoms. The predicted octanol–water partition coefficient (Wildman–Crippen LogP) is 3.69. The van der Waals surface area contributed by atoms with Gasteiger partial charge in [0.05, 0.1) is 13.0 Å². The molecule has 4 heteroatoms. The van der Waals surface area contributed by atoms with Crippen LogP contribution in [0.15, 0.2) is 24.3 Å². The summed E-state index contributed by atoms with van der Waals surface area (Å²) in [6.07, 6.45) is 6.62. The van der Waals surface area contributed by atoms with E-state index in [2.05, 4.69) is 24.3 Å². The maximum Gasteiger partial charge on any atom is 0.307 e. The summed E-state index contributed by atoms with van der Waals surface area (Å²) in [6, 6.07) is 8.52. The summed E-state index contributed by atoms with van der Waals surface area (Å²) in [7, 11) is 0. The lowest BCUT2D eigenvalue weighted by atomic mass is 9.81. The molecule has 3 rings (SSSR count). The van der Waals surface area contributed by atoms with E-state index in [9.17, 15) is 9.59 Å². The molecule has 0 heterocycles. The number of carbonyl (C=O) groups is 2. The highest BCUT2D eigenvalue weighted by molar-refractivity contribution is 5.78. The summed E-state index contributed by atoms with van der Waals surface area (Å²) in [6.45, 7) is 3.49. The highest BCUT2D eigenvalue weighted by Gasteiger charge is 2.29. The van der Waals surface area contributed by atoms with Crippen molar-refractivity contribution in [2.75, 3.05) is 19.7 Å². The summed E-state index contributed by atoms with van der Waals surface area (Å²) >= 11 is 0. The zero-order chi connectivity index (χ0) is 17.6. The topological polar surface area (TPSA) is 46.6 Å². The summed E-state index contributed by atoms with van der Waals surface area (Å²) < 4.78 is 5.01. The number of amides is 1. The summed E-state index contributed by atoms with van der Waals surface area (Å²) in [4.78, 5) is 26.5. The van der Waals surface area contributed by atoms with E-state index >= 15 is 0 Å². The second-order valence-corrected chi connectivity index (χ2v) is 7.33. The number of carbonyl (C=O) groups excluding carboxylic acids is 2. The molecule has 0 aromatic heterocycles. The lowest BCUT2D eigenvalue weighted by Crippen LogP contribution is -2.36. The second kappa shape index (κ2) is 8.50. The molecule has 0 bridgehead atoms. The first-order valence-corrected chi connectivity index (χ1v) is 9.68. The Morgan fingerprint density at radius 3 is 2.76 bits per heavy atom. The van der Waals surface area contributed by atoms with Gasteiger partial charge < -0.3 is 9.64 Å². The molecule has 2 aliphatic carbocycles. The second-order valence-electron chi connectivity index (χ2n) is 7.33. The van der Waals surface area contributed by atoms with Gasteiger partial charge >= 0.3 is 5.97 Å². The van der Waals surface area contributed by atoms with E-state index in [-0.39, 0.29) is 11.9 Å². The van der Waals surface area contributed by atoms with Gasteiger partial charge in [0.2, 0.25) is 5.91 Å². The number of ether oxygens (including phenoxy) is 1. The van der Waals surface area contributed by atoms with Crippen molar-refractivity contribution in [1.82, 2.24) is 4.90 Å². The highest BCUT2D eigenvalue weighted by Crippen LogP contribution is 2.35. The number of benzene rings is 1. The Kier molecular flexibility index (Phi) is 6.11. The molecular weight excluding hydrogens is 314 g/mol. The molecule has 1 atom stereocenters. The molecule has 0 saturated heterocycles. The van der Waals surface area contributed by atoms with Gasteiger partial charge in [0.15, 0.2) is 0 Å². The van der Waals surface area contributed by atoms with Gasteiger partial charge in [-0.3, -0.25) is 9.59 Å². The Labute approximate surface area is 150 Å². The van der Waals surface area contributed by atoms with Crippen LogP contribution in [-0.2, 0) is 20.7 Å². The number of rotatable bonds is 8. The number of aryl methyl sites for hydroxylation is 1. The third kappa shape index (κ3) is 5.07. The molecule has 0 radical (unpaired) electrons. The molecule has 1 aromatic carbocycles. The summed E-state index contributed by atoms with van der Waals surface area (Å²) in [5.74, 6) is 0.934. The largest absolute Gasteiger partial charge is 0.466 e. The smallest absolute Gasteiger partial charge is 0.307 e. The molecule has 1 fully saturated rings. The van der Waals surface area contributed by atoms with Crippen molar-refractivity contribution in [1.29, 1.82) is 0 Å². The fourth-order valence-corrected chi connectivity index (χ4v) is 3.80. The number of hydrogen-bond acceptors (Lipinski definition) is 3. The molecule has 1 amide bonds. The Morgan fingerprint density at radius 1 is 1.20 bits per heavy atom. The first-order chi connectivity index (χ1) is 12.2. The van der Waals surface area contributed by atoms with E-state index < -0.39 is 0 Å². The van der Waals surface area contributed by atoms with Crippen LogP contribution in [0.4, 0.5) is 0 Å². The van der Waals surface area contributed by atoms with Crippen LogP contribution in [0.2, 0.25) is 0 Å². The number of hydrogen-bond donors (Lipinski definition) is 0. The van der Waals surface area contributed by atoms with Gasteiger partial charge in [0.25, 0.3) is 0 Å². The van der Waals surface area contributed by atoms with E-state index in [0.717, 1.165) is 25.8 Å². The Balaban J connectivity index is 1.61. The van der Waals surface area contributed by atoms with Crippen LogP contribution in [-0.4, -0.2) is 36.5 Å². The monoisotopic (exact) mass is 343 g/mol. The van der Waals surface area contributed by atoms with Crippen LogP contribution < -0.4 is 0 Å². The molecule has 0 spiro atoms. The van der Waals surface area contributed by atoms with Crippen LogP contribution in [0.1, 0.15) is 62.5 Å². The van der Waals surface area contributed by atoms with E-state index in [1.807, 2.05) is 11.8 Å². The Bertz CT molecular complexity index is 609. The lowest BCUT2D eigenvalue weighted by Gasteiger charge is -2.28. The van der Waals surface area contributed by atoms with Crippen LogP contribution in [0.25, 0.3) is 0 Å². The number of esters is 1. The Morgan fingerprint density at radius 2 is 2.00 bits per heavy atom. The van der Waals surface area contributed by atoms with Crippen molar-refractivity contribution in [3.8, 4) is 0 Å². The molecule has 1 unspecified atom stereocenters. The van der Waals surface area contributed by atoms with Gasteiger partial charge in [-0.25, -0.2) is 0 Å². The normalized spacial score (nSPS) is 19.2. The average Bonchev–Trinajstić information content (AvgIpc) is 3.43. The van der Waals surface area contributed by atoms with Crippen LogP contribution in [0, 0.1) is 5.92 Å². The minimum atomic E-state index is -0.209. The van der Waals surface area contributed by atoms with Crippen molar-refractivity contribution in [3.63, 3.8) is 0 Å². The molecule has 2 aliphatic rings. The van der Waals surface area contributed by atoms with Gasteiger partial charge in [-0.1, -0.05) is 24.3 Å². The lowest BCUT2D eigenvalue weighted by molar-refractivity contribution is -0.144. The maximum atomic E-state index is 12.9. The van der Waals surface area contributed by atoms with Crippen molar-refractivity contribution in [2.45, 2.75) is 57.8 Å². The van der Waals surface area contributed by atoms with Crippen LogP contribution >= 0.6 is 0 Å². The fourth-order valence-electron chi connectivity index (χ4n) is 3.80. The SMILES string of the molecule is CCOC(=O)CCN(CC1CC1)C(=O)CC1CCCc2ccccc21. The van der Waals surface area contributed by atoms with Crippen molar-refractivity contribution < 1.29 is 14.3 Å². The molecule has 136 valence electrons.